The summed E-state index contributed by atoms with van der Waals surface area (Å²) in [5, 5.41) is 7.05. The summed E-state index contributed by atoms with van der Waals surface area (Å²) in [5.74, 6) is 1.88. The fourth-order valence-electron chi connectivity index (χ4n) is 1.62. The number of hydrogen-bond donors (Lipinski definition) is 2. The molecule has 0 aliphatic carbocycles. The van der Waals surface area contributed by atoms with E-state index in [0.29, 0.717) is 9.86 Å². The van der Waals surface area contributed by atoms with E-state index in [9.17, 15) is 0 Å². The number of thiocarbonyl (C=S) groups is 1. The minimum atomic E-state index is 0.166. The van der Waals surface area contributed by atoms with Crippen LogP contribution >= 0.6 is 24.0 Å². The van der Waals surface area contributed by atoms with Gasteiger partial charge in [-0.05, 0) is 38.2 Å². The smallest absolute Gasteiger partial charge is 0.170 e. The summed E-state index contributed by atoms with van der Waals surface area (Å²) in [5.41, 5.74) is 0.939. The van der Waals surface area contributed by atoms with Crippen molar-refractivity contribution < 1.29 is 4.74 Å². The third-order valence-electron chi connectivity index (χ3n) is 2.39. The van der Waals surface area contributed by atoms with Crippen molar-refractivity contribution in [2.24, 2.45) is 0 Å². The normalized spacial score (nSPS) is 11.3. The molecular weight excluding hydrogens is 300 g/mol. The molecule has 0 spiro atoms. The first kappa shape index (κ1) is 18.1. The van der Waals surface area contributed by atoms with Gasteiger partial charge in [0.1, 0.15) is 5.75 Å². The molecule has 0 bridgehead atoms. The van der Waals surface area contributed by atoms with Crippen LogP contribution in [0.15, 0.2) is 24.3 Å². The van der Waals surface area contributed by atoms with Gasteiger partial charge in [0.25, 0.3) is 0 Å². The molecule has 0 unspecified atom stereocenters. The molecule has 1 aromatic rings. The number of rotatable bonds is 6. The highest BCUT2D eigenvalue weighted by Crippen LogP contribution is 2.22. The highest BCUT2D eigenvalue weighted by Gasteiger charge is 2.09. The monoisotopic (exact) mass is 326 g/mol. The fourth-order valence-corrected chi connectivity index (χ4v) is 2.65. The van der Waals surface area contributed by atoms with E-state index in [4.69, 9.17) is 17.0 Å². The molecule has 1 aromatic carbocycles. The summed E-state index contributed by atoms with van der Waals surface area (Å²) >= 11 is 7.22. The number of ether oxygens (including phenoxy) is 1. The average Bonchev–Trinajstić information content (AvgIpc) is 2.33. The van der Waals surface area contributed by atoms with Gasteiger partial charge in [-0.25, -0.2) is 0 Å². The van der Waals surface area contributed by atoms with E-state index in [2.05, 4.69) is 31.4 Å². The van der Waals surface area contributed by atoms with Crippen LogP contribution in [-0.4, -0.2) is 28.3 Å². The predicted octanol–water partition coefficient (Wildman–Crippen LogP) is 4.29. The molecule has 0 radical (unpaired) electrons. The minimum Gasteiger partial charge on any atom is -0.491 e. The van der Waals surface area contributed by atoms with Gasteiger partial charge in [0.2, 0.25) is 0 Å². The third kappa shape index (κ3) is 8.83. The van der Waals surface area contributed by atoms with Crippen LogP contribution < -0.4 is 15.4 Å². The standard InChI is InChI=1S/C16H26N2OS2/c1-12(2)19-14-8-6-7-13(11-14)18-15(20)17-9-10-21-16(3,4)5/h6-8,11-12H,9-10H2,1-5H3,(H2,17,18,20). The van der Waals surface area contributed by atoms with Crippen molar-refractivity contribution in [2.75, 3.05) is 17.6 Å². The molecule has 0 aliphatic heterocycles. The van der Waals surface area contributed by atoms with E-state index >= 15 is 0 Å². The largest absolute Gasteiger partial charge is 0.491 e. The lowest BCUT2D eigenvalue weighted by atomic mass is 10.3. The van der Waals surface area contributed by atoms with Gasteiger partial charge in [0, 0.05) is 28.8 Å². The van der Waals surface area contributed by atoms with Gasteiger partial charge in [0.05, 0.1) is 6.10 Å². The lowest BCUT2D eigenvalue weighted by molar-refractivity contribution is 0.242. The van der Waals surface area contributed by atoms with Crippen molar-refractivity contribution in [3.8, 4) is 5.75 Å². The summed E-state index contributed by atoms with van der Waals surface area (Å²) in [6.45, 7) is 11.5. The Hall–Kier alpha value is -0.940. The Balaban J connectivity index is 2.37. The molecule has 0 aliphatic rings. The Labute approximate surface area is 138 Å². The Morgan fingerprint density at radius 2 is 2.05 bits per heavy atom. The van der Waals surface area contributed by atoms with Crippen molar-refractivity contribution >= 4 is 34.8 Å². The van der Waals surface area contributed by atoms with E-state index < -0.39 is 0 Å². The van der Waals surface area contributed by atoms with Gasteiger partial charge >= 0.3 is 0 Å². The van der Waals surface area contributed by atoms with Gasteiger partial charge in [-0.2, -0.15) is 11.8 Å². The first-order chi connectivity index (χ1) is 9.76. The Morgan fingerprint density at radius 1 is 1.33 bits per heavy atom. The summed E-state index contributed by atoms with van der Waals surface area (Å²) in [7, 11) is 0. The van der Waals surface area contributed by atoms with Gasteiger partial charge < -0.3 is 15.4 Å². The Bertz CT molecular complexity index is 456. The van der Waals surface area contributed by atoms with Crippen molar-refractivity contribution in [1.82, 2.24) is 5.32 Å². The van der Waals surface area contributed by atoms with E-state index in [-0.39, 0.29) is 6.10 Å². The van der Waals surface area contributed by atoms with Crippen LogP contribution in [0.5, 0.6) is 5.75 Å². The molecule has 0 heterocycles. The molecule has 21 heavy (non-hydrogen) atoms. The van der Waals surface area contributed by atoms with Crippen LogP contribution in [0.2, 0.25) is 0 Å². The quantitative estimate of drug-likeness (QED) is 0.602. The first-order valence-electron chi connectivity index (χ1n) is 7.22. The Morgan fingerprint density at radius 3 is 2.67 bits per heavy atom. The lowest BCUT2D eigenvalue weighted by Gasteiger charge is -2.18. The second-order valence-corrected chi connectivity index (χ2v) is 8.37. The van der Waals surface area contributed by atoms with Gasteiger partial charge in [-0.3, -0.25) is 0 Å². The highest BCUT2D eigenvalue weighted by molar-refractivity contribution is 8.00. The van der Waals surface area contributed by atoms with Crippen molar-refractivity contribution in [3.63, 3.8) is 0 Å². The zero-order chi connectivity index (χ0) is 15.9. The number of benzene rings is 1. The fraction of sp³-hybridized carbons (Fsp3) is 0.562. The summed E-state index contributed by atoms with van der Waals surface area (Å²) < 4.78 is 5.96. The van der Waals surface area contributed by atoms with E-state index in [0.717, 1.165) is 23.7 Å². The second-order valence-electron chi connectivity index (χ2n) is 6.04. The zero-order valence-electron chi connectivity index (χ0n) is 13.5. The van der Waals surface area contributed by atoms with Crippen LogP contribution in [0, 0.1) is 0 Å². The van der Waals surface area contributed by atoms with Gasteiger partial charge in [0.15, 0.2) is 5.11 Å². The molecule has 5 heteroatoms. The molecular formula is C16H26N2OS2. The molecule has 0 saturated carbocycles. The molecule has 118 valence electrons. The van der Waals surface area contributed by atoms with E-state index in [1.807, 2.05) is 49.9 Å². The topological polar surface area (TPSA) is 33.3 Å². The number of thioether (sulfide) groups is 1. The Kier molecular flexibility index (Phi) is 7.32. The lowest BCUT2D eigenvalue weighted by Crippen LogP contribution is -2.31. The van der Waals surface area contributed by atoms with Crippen LogP contribution in [-0.2, 0) is 0 Å². The highest BCUT2D eigenvalue weighted by atomic mass is 32.2. The molecule has 2 N–H and O–H groups in total. The molecule has 0 amide bonds. The van der Waals surface area contributed by atoms with E-state index in [1.165, 1.54) is 0 Å². The molecule has 0 fully saturated rings. The number of anilines is 1. The summed E-state index contributed by atoms with van der Waals surface area (Å²) in [6, 6.07) is 7.84. The average molecular weight is 327 g/mol. The second kappa shape index (κ2) is 8.49. The summed E-state index contributed by atoms with van der Waals surface area (Å²) in [4.78, 5) is 0. The SMILES string of the molecule is CC(C)Oc1cccc(NC(=S)NCCSC(C)(C)C)c1. The number of hydrogen-bond acceptors (Lipinski definition) is 3. The van der Waals surface area contributed by atoms with E-state index in [1.54, 1.807) is 0 Å². The summed E-state index contributed by atoms with van der Waals surface area (Å²) in [6.07, 6.45) is 0.166. The molecule has 0 saturated heterocycles. The first-order valence-corrected chi connectivity index (χ1v) is 8.61. The predicted molar refractivity (Wildman–Crippen MR) is 98.6 cm³/mol. The van der Waals surface area contributed by atoms with Crippen LogP contribution in [0.25, 0.3) is 0 Å². The van der Waals surface area contributed by atoms with Crippen LogP contribution in [0.4, 0.5) is 5.69 Å². The van der Waals surface area contributed by atoms with Crippen LogP contribution in [0.1, 0.15) is 34.6 Å². The number of nitrogens with one attached hydrogen (secondary N) is 2. The van der Waals surface area contributed by atoms with Gasteiger partial charge in [-0.1, -0.05) is 26.8 Å². The molecule has 0 aromatic heterocycles. The zero-order valence-corrected chi connectivity index (χ0v) is 15.2. The van der Waals surface area contributed by atoms with Crippen molar-refractivity contribution in [2.45, 2.75) is 45.5 Å². The van der Waals surface area contributed by atoms with Crippen molar-refractivity contribution in [1.29, 1.82) is 0 Å². The third-order valence-corrected chi connectivity index (χ3v) is 3.91. The maximum absolute atomic E-state index is 5.67. The van der Waals surface area contributed by atoms with Crippen LogP contribution in [0.3, 0.4) is 0 Å². The van der Waals surface area contributed by atoms with Crippen molar-refractivity contribution in [3.05, 3.63) is 24.3 Å². The minimum absolute atomic E-state index is 0.166. The molecule has 1 rings (SSSR count). The maximum atomic E-state index is 5.67. The maximum Gasteiger partial charge on any atom is 0.170 e. The molecule has 3 nitrogen and oxygen atoms in total. The molecule has 0 atom stereocenters. The van der Waals surface area contributed by atoms with Gasteiger partial charge in [-0.15, -0.1) is 0 Å².